The van der Waals surface area contributed by atoms with Crippen molar-refractivity contribution in [3.05, 3.63) is 0 Å². The predicted octanol–water partition coefficient (Wildman–Crippen LogP) is 2.00. The third-order valence-electron chi connectivity index (χ3n) is 1.31. The van der Waals surface area contributed by atoms with Crippen LogP contribution in [-0.2, 0) is 0 Å². The van der Waals surface area contributed by atoms with Crippen molar-refractivity contribution in [2.75, 3.05) is 19.5 Å². The second-order valence-electron chi connectivity index (χ2n) is 2.21. The van der Waals surface area contributed by atoms with Gasteiger partial charge in [-0.25, -0.2) is 0 Å². The molecule has 0 saturated heterocycles. The predicted molar refractivity (Wildman–Crippen MR) is 43.1 cm³/mol. The van der Waals surface area contributed by atoms with Gasteiger partial charge in [0.25, 0.3) is 0 Å². The fourth-order valence-corrected chi connectivity index (χ4v) is 0.939. The van der Waals surface area contributed by atoms with Crippen molar-refractivity contribution in [2.45, 2.75) is 25.7 Å². The van der Waals surface area contributed by atoms with Crippen LogP contribution in [-0.4, -0.2) is 19.5 Å². The molecule has 0 spiro atoms. The van der Waals surface area contributed by atoms with Gasteiger partial charge in [-0.3, -0.25) is 0 Å². The van der Waals surface area contributed by atoms with Crippen LogP contribution in [0.5, 0.6) is 0 Å². The van der Waals surface area contributed by atoms with Gasteiger partial charge in [-0.2, -0.15) is 0 Å². The lowest BCUT2D eigenvalue weighted by Gasteiger charge is -1.96. The summed E-state index contributed by atoms with van der Waals surface area (Å²) >= 11 is 5.50. The zero-order chi connectivity index (χ0) is 6.95. The van der Waals surface area contributed by atoms with Crippen LogP contribution in [0.2, 0.25) is 0 Å². The average Bonchev–Trinajstić information content (AvgIpc) is 1.89. The minimum Gasteiger partial charge on any atom is -0.320 e. The highest BCUT2D eigenvalue weighted by atomic mass is 35.5. The summed E-state index contributed by atoms with van der Waals surface area (Å²) in [6.45, 7) is 1.14. The quantitative estimate of drug-likeness (QED) is 0.450. The molecular weight excluding hydrogens is 134 g/mol. The topological polar surface area (TPSA) is 12.0 Å². The Kier molecular flexibility index (Phi) is 8.48. The summed E-state index contributed by atoms with van der Waals surface area (Å²) in [6.07, 6.45) is 5.05. The number of hydrogen-bond donors (Lipinski definition) is 1. The van der Waals surface area contributed by atoms with Gasteiger partial charge in [0.1, 0.15) is 0 Å². The first kappa shape index (κ1) is 9.25. The lowest BCUT2D eigenvalue weighted by molar-refractivity contribution is 0.636. The Balaban J connectivity index is 2.60. The van der Waals surface area contributed by atoms with E-state index in [-0.39, 0.29) is 0 Å². The molecule has 0 amide bonds. The Morgan fingerprint density at radius 1 is 1.11 bits per heavy atom. The van der Waals surface area contributed by atoms with E-state index < -0.39 is 0 Å². The molecule has 0 rings (SSSR count). The number of rotatable bonds is 6. The molecule has 0 atom stereocenters. The van der Waals surface area contributed by atoms with Gasteiger partial charge in [0.2, 0.25) is 0 Å². The number of hydrogen-bond acceptors (Lipinski definition) is 1. The van der Waals surface area contributed by atoms with Crippen LogP contribution in [0.3, 0.4) is 0 Å². The van der Waals surface area contributed by atoms with Crippen LogP contribution < -0.4 is 5.32 Å². The maximum absolute atomic E-state index is 5.50. The molecule has 0 aliphatic heterocycles. The molecule has 0 heterocycles. The molecule has 0 aromatic rings. The van der Waals surface area contributed by atoms with Crippen LogP contribution in [0.25, 0.3) is 0 Å². The molecule has 1 nitrogen and oxygen atoms in total. The summed E-state index contributed by atoms with van der Waals surface area (Å²) in [6, 6.07) is 0. The van der Waals surface area contributed by atoms with E-state index in [0.29, 0.717) is 0 Å². The molecule has 0 aliphatic carbocycles. The zero-order valence-corrected chi connectivity index (χ0v) is 6.88. The van der Waals surface area contributed by atoms with Gasteiger partial charge >= 0.3 is 0 Å². The molecule has 0 saturated carbocycles. The van der Waals surface area contributed by atoms with Crippen LogP contribution in [0.15, 0.2) is 0 Å². The molecule has 0 bridgehead atoms. The highest BCUT2D eigenvalue weighted by Gasteiger charge is 1.85. The van der Waals surface area contributed by atoms with E-state index in [9.17, 15) is 0 Å². The Hall–Kier alpha value is 0.250. The molecule has 56 valence electrons. The molecule has 9 heavy (non-hydrogen) atoms. The van der Waals surface area contributed by atoms with Gasteiger partial charge in [-0.1, -0.05) is 12.8 Å². The second-order valence-corrected chi connectivity index (χ2v) is 2.58. The molecule has 0 fully saturated rings. The van der Waals surface area contributed by atoms with E-state index in [0.717, 1.165) is 12.4 Å². The largest absolute Gasteiger partial charge is 0.320 e. The number of nitrogens with one attached hydrogen (secondary N) is 1. The monoisotopic (exact) mass is 149 g/mol. The minimum atomic E-state index is 0.819. The second kappa shape index (κ2) is 8.25. The highest BCUT2D eigenvalue weighted by Crippen LogP contribution is 1.99. The van der Waals surface area contributed by atoms with Gasteiger partial charge in [-0.15, -0.1) is 11.6 Å². The summed E-state index contributed by atoms with van der Waals surface area (Å²) in [7, 11) is 1.99. The van der Waals surface area contributed by atoms with E-state index in [4.69, 9.17) is 11.6 Å². The van der Waals surface area contributed by atoms with Crippen LogP contribution >= 0.6 is 11.6 Å². The number of halogens is 1. The zero-order valence-electron chi connectivity index (χ0n) is 6.12. The molecule has 1 N–H and O–H groups in total. The molecule has 0 aromatic carbocycles. The van der Waals surface area contributed by atoms with Crippen molar-refractivity contribution in [1.82, 2.24) is 5.32 Å². The van der Waals surface area contributed by atoms with E-state index in [1.807, 2.05) is 7.05 Å². The van der Waals surface area contributed by atoms with Crippen molar-refractivity contribution in [3.63, 3.8) is 0 Å². The summed E-state index contributed by atoms with van der Waals surface area (Å²) in [5.41, 5.74) is 0. The van der Waals surface area contributed by atoms with Crippen molar-refractivity contribution in [2.24, 2.45) is 0 Å². The SMILES string of the molecule is CNCCCCCCCl. The third-order valence-corrected chi connectivity index (χ3v) is 1.58. The van der Waals surface area contributed by atoms with E-state index in [1.54, 1.807) is 0 Å². The van der Waals surface area contributed by atoms with Crippen molar-refractivity contribution in [3.8, 4) is 0 Å². The standard InChI is InChI=1S/C7H16ClN/c1-9-7-5-3-2-4-6-8/h9H,2-7H2,1H3. The Bertz CT molecular complexity index is 42.2. The summed E-state index contributed by atoms with van der Waals surface area (Å²) in [4.78, 5) is 0. The maximum atomic E-state index is 5.50. The Morgan fingerprint density at radius 3 is 2.33 bits per heavy atom. The molecular formula is C7H16ClN. The first-order valence-corrected chi connectivity index (χ1v) is 4.16. The first-order valence-electron chi connectivity index (χ1n) is 3.62. The van der Waals surface area contributed by atoms with Gasteiger partial charge in [0.05, 0.1) is 0 Å². The highest BCUT2D eigenvalue weighted by molar-refractivity contribution is 6.17. The number of unbranched alkanes of at least 4 members (excludes halogenated alkanes) is 3. The smallest absolute Gasteiger partial charge is 0.0223 e. The van der Waals surface area contributed by atoms with Crippen molar-refractivity contribution >= 4 is 11.6 Å². The normalized spacial score (nSPS) is 10.0. The number of alkyl halides is 1. The van der Waals surface area contributed by atoms with Crippen LogP contribution in [0.1, 0.15) is 25.7 Å². The Morgan fingerprint density at radius 2 is 1.78 bits per heavy atom. The van der Waals surface area contributed by atoms with Crippen LogP contribution in [0.4, 0.5) is 0 Å². The Labute approximate surface area is 62.8 Å². The summed E-state index contributed by atoms with van der Waals surface area (Å²) in [5, 5.41) is 3.11. The fourth-order valence-electron chi connectivity index (χ4n) is 0.750. The lowest BCUT2D eigenvalue weighted by atomic mass is 10.2. The van der Waals surface area contributed by atoms with Gasteiger partial charge in [0.15, 0.2) is 0 Å². The van der Waals surface area contributed by atoms with E-state index in [1.165, 1.54) is 25.7 Å². The average molecular weight is 150 g/mol. The molecule has 0 aromatic heterocycles. The van der Waals surface area contributed by atoms with Crippen molar-refractivity contribution in [1.29, 1.82) is 0 Å². The van der Waals surface area contributed by atoms with Gasteiger partial charge < -0.3 is 5.32 Å². The first-order chi connectivity index (χ1) is 4.41. The van der Waals surface area contributed by atoms with Gasteiger partial charge in [-0.05, 0) is 26.4 Å². The molecule has 0 unspecified atom stereocenters. The minimum absolute atomic E-state index is 0.819. The third kappa shape index (κ3) is 8.25. The molecule has 2 heteroatoms. The molecule has 0 aliphatic rings. The summed E-state index contributed by atoms with van der Waals surface area (Å²) < 4.78 is 0. The van der Waals surface area contributed by atoms with E-state index >= 15 is 0 Å². The fraction of sp³-hybridized carbons (Fsp3) is 1.00. The van der Waals surface area contributed by atoms with E-state index in [2.05, 4.69) is 5.32 Å². The van der Waals surface area contributed by atoms with Gasteiger partial charge in [0, 0.05) is 5.88 Å². The van der Waals surface area contributed by atoms with Crippen LogP contribution in [0, 0.1) is 0 Å². The molecule has 0 radical (unpaired) electrons. The maximum Gasteiger partial charge on any atom is 0.0223 e. The van der Waals surface area contributed by atoms with Crippen molar-refractivity contribution < 1.29 is 0 Å². The lowest BCUT2D eigenvalue weighted by Crippen LogP contribution is -2.06. The summed E-state index contributed by atoms with van der Waals surface area (Å²) in [5.74, 6) is 0.819.